The number of carbonyl (C=O) groups excluding carboxylic acids is 1. The zero-order valence-corrected chi connectivity index (χ0v) is 14.1. The third kappa shape index (κ3) is 3.37. The van der Waals surface area contributed by atoms with Gasteiger partial charge in [-0.25, -0.2) is 0 Å². The van der Waals surface area contributed by atoms with Crippen LogP contribution in [0.25, 0.3) is 11.3 Å². The number of aromatic nitrogens is 4. The molecular weight excluding hydrogens is 302 g/mol. The normalized spacial score (nSPS) is 12.1. The highest BCUT2D eigenvalue weighted by Gasteiger charge is 2.12. The predicted octanol–water partition coefficient (Wildman–Crippen LogP) is 2.88. The summed E-state index contributed by atoms with van der Waals surface area (Å²) in [6.07, 6.45) is 1.70. The van der Waals surface area contributed by atoms with Gasteiger partial charge in [-0.05, 0) is 50.6 Å². The largest absolute Gasteiger partial charge is 0.350 e. The van der Waals surface area contributed by atoms with Gasteiger partial charge in [0, 0.05) is 24.0 Å². The molecule has 0 spiro atoms. The summed E-state index contributed by atoms with van der Waals surface area (Å²) in [6.45, 7) is 6.56. The quantitative estimate of drug-likeness (QED) is 0.758. The van der Waals surface area contributed by atoms with E-state index in [2.05, 4.69) is 20.6 Å². The Hall–Kier alpha value is -2.89. The number of carbonyl (C=O) groups is 1. The van der Waals surface area contributed by atoms with E-state index in [4.69, 9.17) is 0 Å². The Bertz CT molecular complexity index is 818. The van der Waals surface area contributed by atoms with Crippen LogP contribution < -0.4 is 5.32 Å². The number of nitrogens with zero attached hydrogens (tertiary/aromatic N) is 3. The van der Waals surface area contributed by atoms with Crippen LogP contribution in [-0.4, -0.2) is 32.4 Å². The van der Waals surface area contributed by atoms with Crippen molar-refractivity contribution in [1.29, 1.82) is 0 Å². The van der Waals surface area contributed by atoms with Crippen LogP contribution in [-0.2, 0) is 0 Å². The highest BCUT2D eigenvalue weighted by molar-refractivity contribution is 5.94. The predicted molar refractivity (Wildman–Crippen MR) is 92.8 cm³/mol. The third-order valence-electron chi connectivity index (χ3n) is 3.98. The van der Waals surface area contributed by atoms with Crippen molar-refractivity contribution in [3.05, 3.63) is 59.5 Å². The molecule has 0 saturated carbocycles. The van der Waals surface area contributed by atoms with Crippen LogP contribution in [0.15, 0.2) is 42.6 Å². The van der Waals surface area contributed by atoms with Gasteiger partial charge in [0.05, 0.1) is 17.4 Å². The number of aromatic amines is 1. The number of nitrogens with one attached hydrogen (secondary N) is 2. The lowest BCUT2D eigenvalue weighted by atomic mass is 10.1. The molecule has 1 aromatic carbocycles. The van der Waals surface area contributed by atoms with E-state index in [1.165, 1.54) is 0 Å². The van der Waals surface area contributed by atoms with Crippen molar-refractivity contribution in [3.63, 3.8) is 0 Å². The molecule has 1 atom stereocenters. The second kappa shape index (κ2) is 6.70. The Morgan fingerprint density at radius 2 is 2.00 bits per heavy atom. The second-order valence-corrected chi connectivity index (χ2v) is 5.98. The molecular formula is C18H21N5O. The van der Waals surface area contributed by atoms with Gasteiger partial charge in [0.25, 0.3) is 5.91 Å². The minimum absolute atomic E-state index is 0.0838. The molecule has 6 nitrogen and oxygen atoms in total. The summed E-state index contributed by atoms with van der Waals surface area (Å²) in [5.41, 5.74) is 4.65. The minimum Gasteiger partial charge on any atom is -0.350 e. The van der Waals surface area contributed by atoms with E-state index >= 15 is 0 Å². The van der Waals surface area contributed by atoms with E-state index in [1.807, 2.05) is 61.9 Å². The summed E-state index contributed by atoms with van der Waals surface area (Å²) in [5, 5.41) is 14.3. The lowest BCUT2D eigenvalue weighted by Gasteiger charge is -2.15. The van der Waals surface area contributed by atoms with Gasteiger partial charge in [0.2, 0.25) is 0 Å². The fourth-order valence-corrected chi connectivity index (χ4v) is 2.74. The number of H-pyrrole nitrogens is 1. The average molecular weight is 323 g/mol. The highest BCUT2D eigenvalue weighted by Crippen LogP contribution is 2.16. The lowest BCUT2D eigenvalue weighted by molar-refractivity contribution is 0.0947. The van der Waals surface area contributed by atoms with Gasteiger partial charge in [-0.15, -0.1) is 0 Å². The first-order valence-corrected chi connectivity index (χ1v) is 7.95. The monoisotopic (exact) mass is 323 g/mol. The number of hydrogen-bond donors (Lipinski definition) is 2. The minimum atomic E-state index is -0.0838. The van der Waals surface area contributed by atoms with Crippen molar-refractivity contribution >= 4 is 5.91 Å². The molecule has 0 bridgehead atoms. The Balaban J connectivity index is 1.61. The molecule has 2 N–H and O–H groups in total. The van der Waals surface area contributed by atoms with Crippen LogP contribution in [0.5, 0.6) is 0 Å². The van der Waals surface area contributed by atoms with E-state index in [1.54, 1.807) is 6.20 Å². The average Bonchev–Trinajstić information content (AvgIpc) is 3.22. The summed E-state index contributed by atoms with van der Waals surface area (Å²) >= 11 is 0. The molecule has 2 aromatic heterocycles. The standard InChI is InChI=1S/C18H21N5O/c1-12-10-13(2)23(22-12)14(3)11-19-18(24)16-6-4-15(5-7-16)17-8-9-20-21-17/h4-10,14H,11H2,1-3H3,(H,19,24)(H,20,21)/t14-/m1/s1. The zero-order valence-electron chi connectivity index (χ0n) is 14.1. The van der Waals surface area contributed by atoms with Crippen LogP contribution in [0, 0.1) is 13.8 Å². The summed E-state index contributed by atoms with van der Waals surface area (Å²) in [6, 6.07) is 11.5. The van der Waals surface area contributed by atoms with Gasteiger partial charge in [0.1, 0.15) is 0 Å². The molecule has 0 aliphatic rings. The molecule has 3 rings (SSSR count). The number of aryl methyl sites for hydroxylation is 2. The van der Waals surface area contributed by atoms with Crippen LogP contribution >= 0.6 is 0 Å². The van der Waals surface area contributed by atoms with Gasteiger partial charge in [-0.1, -0.05) is 12.1 Å². The van der Waals surface area contributed by atoms with Crippen LogP contribution in [0.4, 0.5) is 0 Å². The number of benzene rings is 1. The summed E-state index contributed by atoms with van der Waals surface area (Å²) in [4.78, 5) is 12.3. The summed E-state index contributed by atoms with van der Waals surface area (Å²) in [5.74, 6) is -0.0838. The fourth-order valence-electron chi connectivity index (χ4n) is 2.74. The third-order valence-corrected chi connectivity index (χ3v) is 3.98. The second-order valence-electron chi connectivity index (χ2n) is 5.98. The van der Waals surface area contributed by atoms with Crippen LogP contribution in [0.1, 0.15) is 34.7 Å². The molecule has 0 aliphatic heterocycles. The molecule has 24 heavy (non-hydrogen) atoms. The van der Waals surface area contributed by atoms with Crippen LogP contribution in [0.2, 0.25) is 0 Å². The lowest BCUT2D eigenvalue weighted by Crippen LogP contribution is -2.30. The van der Waals surface area contributed by atoms with Crippen molar-refractivity contribution in [3.8, 4) is 11.3 Å². The topological polar surface area (TPSA) is 75.6 Å². The molecule has 6 heteroatoms. The van der Waals surface area contributed by atoms with E-state index in [0.717, 1.165) is 22.6 Å². The Labute approximate surface area is 140 Å². The van der Waals surface area contributed by atoms with Gasteiger partial charge >= 0.3 is 0 Å². The van der Waals surface area contributed by atoms with E-state index < -0.39 is 0 Å². The van der Waals surface area contributed by atoms with Crippen molar-refractivity contribution in [1.82, 2.24) is 25.3 Å². The Morgan fingerprint density at radius 3 is 2.58 bits per heavy atom. The molecule has 2 heterocycles. The number of rotatable bonds is 5. The van der Waals surface area contributed by atoms with Gasteiger partial charge in [-0.2, -0.15) is 10.2 Å². The van der Waals surface area contributed by atoms with Gasteiger partial charge < -0.3 is 5.32 Å². The van der Waals surface area contributed by atoms with Gasteiger partial charge in [-0.3, -0.25) is 14.6 Å². The fraction of sp³-hybridized carbons (Fsp3) is 0.278. The number of amides is 1. The Kier molecular flexibility index (Phi) is 4.46. The first kappa shape index (κ1) is 16.0. The first-order chi connectivity index (χ1) is 11.5. The molecule has 1 amide bonds. The van der Waals surface area contributed by atoms with E-state index in [0.29, 0.717) is 12.1 Å². The smallest absolute Gasteiger partial charge is 0.251 e. The SMILES string of the molecule is Cc1cc(C)n([C@H](C)CNC(=O)c2ccc(-c3ccn[nH]3)cc2)n1. The first-order valence-electron chi connectivity index (χ1n) is 7.95. The maximum absolute atomic E-state index is 12.3. The van der Waals surface area contributed by atoms with Crippen molar-refractivity contribution in [2.75, 3.05) is 6.54 Å². The maximum Gasteiger partial charge on any atom is 0.251 e. The molecule has 0 aliphatic carbocycles. The molecule has 0 saturated heterocycles. The maximum atomic E-state index is 12.3. The summed E-state index contributed by atoms with van der Waals surface area (Å²) in [7, 11) is 0. The van der Waals surface area contributed by atoms with Crippen molar-refractivity contribution in [2.24, 2.45) is 0 Å². The van der Waals surface area contributed by atoms with E-state index in [-0.39, 0.29) is 11.9 Å². The number of hydrogen-bond acceptors (Lipinski definition) is 3. The highest BCUT2D eigenvalue weighted by atomic mass is 16.1. The van der Waals surface area contributed by atoms with E-state index in [9.17, 15) is 4.79 Å². The van der Waals surface area contributed by atoms with Gasteiger partial charge in [0.15, 0.2) is 0 Å². The van der Waals surface area contributed by atoms with Crippen LogP contribution in [0.3, 0.4) is 0 Å². The molecule has 0 unspecified atom stereocenters. The molecule has 0 fully saturated rings. The summed E-state index contributed by atoms with van der Waals surface area (Å²) < 4.78 is 1.94. The molecule has 3 aromatic rings. The van der Waals surface area contributed by atoms with Crippen molar-refractivity contribution in [2.45, 2.75) is 26.8 Å². The zero-order chi connectivity index (χ0) is 17.1. The van der Waals surface area contributed by atoms with Crippen molar-refractivity contribution < 1.29 is 4.79 Å². The molecule has 0 radical (unpaired) electrons. The molecule has 124 valence electrons. The Morgan fingerprint density at radius 1 is 1.25 bits per heavy atom.